The molecule has 0 fully saturated rings. The number of amides is 1. The molecule has 0 spiro atoms. The maximum Gasteiger partial charge on any atom is 0.310 e. The molecule has 2 N–H and O–H groups in total. The van der Waals surface area contributed by atoms with Crippen molar-refractivity contribution >= 4 is 11.9 Å². The molecule has 106 valence electrons. The highest BCUT2D eigenvalue weighted by molar-refractivity contribution is 5.97. The van der Waals surface area contributed by atoms with E-state index in [0.29, 0.717) is 12.0 Å². The standard InChI is InChI=1S/C16H19NO3/c1-9-6-10(2)14(11(3)7-9)15(18)17-13-5-4-12(8-13)16(19)20/h4-7,12-13H,8H2,1-3H3,(H,17,18)(H,19,20). The van der Waals surface area contributed by atoms with Crippen LogP contribution in [0.5, 0.6) is 0 Å². The van der Waals surface area contributed by atoms with Crippen molar-refractivity contribution < 1.29 is 14.7 Å². The number of hydrogen-bond donors (Lipinski definition) is 2. The highest BCUT2D eigenvalue weighted by atomic mass is 16.4. The topological polar surface area (TPSA) is 66.4 Å². The Morgan fingerprint density at radius 3 is 2.25 bits per heavy atom. The summed E-state index contributed by atoms with van der Waals surface area (Å²) < 4.78 is 0. The monoisotopic (exact) mass is 273 g/mol. The zero-order valence-corrected chi connectivity index (χ0v) is 11.9. The molecule has 1 aliphatic carbocycles. The normalized spacial score (nSPS) is 20.9. The molecule has 1 aromatic rings. The van der Waals surface area contributed by atoms with E-state index < -0.39 is 11.9 Å². The molecule has 20 heavy (non-hydrogen) atoms. The summed E-state index contributed by atoms with van der Waals surface area (Å²) in [5, 5.41) is 11.8. The third-order valence-corrected chi connectivity index (χ3v) is 3.62. The largest absolute Gasteiger partial charge is 0.481 e. The Balaban J connectivity index is 2.11. The van der Waals surface area contributed by atoms with Gasteiger partial charge in [0.1, 0.15) is 0 Å². The first-order chi connectivity index (χ1) is 9.38. The second-order valence-corrected chi connectivity index (χ2v) is 5.42. The molecule has 0 heterocycles. The van der Waals surface area contributed by atoms with Crippen molar-refractivity contribution in [1.29, 1.82) is 0 Å². The fraction of sp³-hybridized carbons (Fsp3) is 0.375. The van der Waals surface area contributed by atoms with E-state index in [9.17, 15) is 9.59 Å². The lowest BCUT2D eigenvalue weighted by Crippen LogP contribution is -2.34. The van der Waals surface area contributed by atoms with Crippen molar-refractivity contribution in [2.45, 2.75) is 33.2 Å². The van der Waals surface area contributed by atoms with Gasteiger partial charge in [-0.15, -0.1) is 0 Å². The van der Waals surface area contributed by atoms with E-state index in [1.165, 1.54) is 0 Å². The summed E-state index contributed by atoms with van der Waals surface area (Å²) in [5.41, 5.74) is 3.69. The van der Waals surface area contributed by atoms with Gasteiger partial charge < -0.3 is 10.4 Å². The van der Waals surface area contributed by atoms with Gasteiger partial charge in [0.05, 0.1) is 5.92 Å². The predicted molar refractivity (Wildman–Crippen MR) is 76.8 cm³/mol. The molecule has 0 saturated carbocycles. The predicted octanol–water partition coefficient (Wildman–Crippen LogP) is 2.37. The second-order valence-electron chi connectivity index (χ2n) is 5.42. The lowest BCUT2D eigenvalue weighted by Gasteiger charge is -2.15. The fourth-order valence-electron chi connectivity index (χ4n) is 2.77. The Morgan fingerprint density at radius 2 is 1.75 bits per heavy atom. The molecule has 0 radical (unpaired) electrons. The molecule has 4 nitrogen and oxygen atoms in total. The Hall–Kier alpha value is -2.10. The minimum atomic E-state index is -0.847. The minimum absolute atomic E-state index is 0.138. The number of carbonyl (C=O) groups is 2. The molecule has 1 amide bonds. The number of carboxylic acids is 1. The van der Waals surface area contributed by atoms with Crippen LogP contribution in [0.25, 0.3) is 0 Å². The Labute approximate surface area is 118 Å². The molecule has 2 atom stereocenters. The quantitative estimate of drug-likeness (QED) is 0.831. The summed E-state index contributed by atoms with van der Waals surface area (Å²) in [5.74, 6) is -1.48. The summed E-state index contributed by atoms with van der Waals surface area (Å²) >= 11 is 0. The van der Waals surface area contributed by atoms with Gasteiger partial charge in [0, 0.05) is 11.6 Å². The SMILES string of the molecule is Cc1cc(C)c(C(=O)NC2C=CC(C(=O)O)C2)c(C)c1. The van der Waals surface area contributed by atoms with Crippen LogP contribution in [0, 0.1) is 26.7 Å². The number of carboxylic acid groups (broad SMARTS) is 1. The molecule has 0 saturated heterocycles. The van der Waals surface area contributed by atoms with Crippen molar-refractivity contribution in [2.75, 3.05) is 0 Å². The molecule has 0 bridgehead atoms. The molecule has 2 unspecified atom stereocenters. The van der Waals surface area contributed by atoms with Gasteiger partial charge in [0.15, 0.2) is 0 Å². The molecule has 1 aromatic carbocycles. The van der Waals surface area contributed by atoms with E-state index >= 15 is 0 Å². The van der Waals surface area contributed by atoms with Gasteiger partial charge in [-0.2, -0.15) is 0 Å². The van der Waals surface area contributed by atoms with E-state index in [1.807, 2.05) is 32.9 Å². The van der Waals surface area contributed by atoms with Crippen LogP contribution in [-0.2, 0) is 4.79 Å². The Bertz CT molecular complexity index is 566. The first-order valence-corrected chi connectivity index (χ1v) is 6.68. The number of rotatable bonds is 3. The number of hydrogen-bond acceptors (Lipinski definition) is 2. The van der Waals surface area contributed by atoms with Crippen molar-refractivity contribution in [3.05, 3.63) is 46.5 Å². The summed E-state index contributed by atoms with van der Waals surface area (Å²) in [6.45, 7) is 5.83. The average Bonchev–Trinajstić information content (AvgIpc) is 2.75. The van der Waals surface area contributed by atoms with Crippen LogP contribution in [0.4, 0.5) is 0 Å². The maximum atomic E-state index is 12.3. The van der Waals surface area contributed by atoms with Crippen molar-refractivity contribution in [3.8, 4) is 0 Å². The highest BCUT2D eigenvalue weighted by Crippen LogP contribution is 2.20. The zero-order valence-electron chi connectivity index (χ0n) is 11.9. The molecule has 2 rings (SSSR count). The van der Waals surface area contributed by atoms with Crippen LogP contribution in [0.3, 0.4) is 0 Å². The second kappa shape index (κ2) is 5.49. The minimum Gasteiger partial charge on any atom is -0.481 e. The Kier molecular flexibility index (Phi) is 3.93. The fourth-order valence-corrected chi connectivity index (χ4v) is 2.77. The number of aryl methyl sites for hydroxylation is 3. The summed E-state index contributed by atoms with van der Waals surface area (Å²) in [6, 6.07) is 3.75. The highest BCUT2D eigenvalue weighted by Gasteiger charge is 2.26. The van der Waals surface area contributed by atoms with Crippen molar-refractivity contribution in [3.63, 3.8) is 0 Å². The third kappa shape index (κ3) is 2.90. The summed E-state index contributed by atoms with van der Waals surface area (Å²) in [7, 11) is 0. The smallest absolute Gasteiger partial charge is 0.310 e. The average molecular weight is 273 g/mol. The number of carbonyl (C=O) groups excluding carboxylic acids is 1. The number of benzene rings is 1. The van der Waals surface area contributed by atoms with E-state index in [0.717, 1.165) is 16.7 Å². The lowest BCUT2D eigenvalue weighted by molar-refractivity contribution is -0.140. The van der Waals surface area contributed by atoms with Gasteiger partial charge in [-0.1, -0.05) is 29.8 Å². The van der Waals surface area contributed by atoms with Gasteiger partial charge in [-0.3, -0.25) is 9.59 Å². The number of nitrogens with one attached hydrogen (secondary N) is 1. The van der Waals surface area contributed by atoms with Crippen LogP contribution in [0.2, 0.25) is 0 Å². The van der Waals surface area contributed by atoms with E-state index in [4.69, 9.17) is 5.11 Å². The first kappa shape index (κ1) is 14.3. The van der Waals surface area contributed by atoms with Crippen molar-refractivity contribution in [1.82, 2.24) is 5.32 Å². The van der Waals surface area contributed by atoms with Crippen LogP contribution >= 0.6 is 0 Å². The van der Waals surface area contributed by atoms with Crippen LogP contribution in [0.15, 0.2) is 24.3 Å². The van der Waals surface area contributed by atoms with Gasteiger partial charge >= 0.3 is 5.97 Å². The molecule has 1 aliphatic rings. The molecular formula is C16H19NO3. The molecule has 0 aromatic heterocycles. The number of aliphatic carboxylic acids is 1. The first-order valence-electron chi connectivity index (χ1n) is 6.68. The summed E-state index contributed by atoms with van der Waals surface area (Å²) in [6.07, 6.45) is 3.82. The zero-order chi connectivity index (χ0) is 14.9. The maximum absolute atomic E-state index is 12.3. The van der Waals surface area contributed by atoms with Crippen LogP contribution in [-0.4, -0.2) is 23.0 Å². The van der Waals surface area contributed by atoms with Crippen LogP contribution in [0.1, 0.15) is 33.5 Å². The van der Waals surface area contributed by atoms with E-state index in [-0.39, 0.29) is 11.9 Å². The van der Waals surface area contributed by atoms with Gasteiger partial charge in [-0.05, 0) is 38.3 Å². The molecule has 4 heteroatoms. The van der Waals surface area contributed by atoms with Gasteiger partial charge in [0.2, 0.25) is 0 Å². The van der Waals surface area contributed by atoms with E-state index in [1.54, 1.807) is 12.2 Å². The molecule has 0 aliphatic heterocycles. The van der Waals surface area contributed by atoms with E-state index in [2.05, 4.69) is 5.32 Å². The van der Waals surface area contributed by atoms with Crippen molar-refractivity contribution in [2.24, 2.45) is 5.92 Å². The summed E-state index contributed by atoms with van der Waals surface area (Å²) in [4.78, 5) is 23.2. The van der Waals surface area contributed by atoms with Crippen LogP contribution < -0.4 is 5.32 Å². The Morgan fingerprint density at radius 1 is 1.15 bits per heavy atom. The lowest BCUT2D eigenvalue weighted by atomic mass is 9.99. The molecular weight excluding hydrogens is 254 g/mol. The van der Waals surface area contributed by atoms with Gasteiger partial charge in [0.25, 0.3) is 5.91 Å². The third-order valence-electron chi connectivity index (χ3n) is 3.62. The van der Waals surface area contributed by atoms with Gasteiger partial charge in [-0.25, -0.2) is 0 Å².